The van der Waals surface area contributed by atoms with Crippen LogP contribution in [0.1, 0.15) is 5.82 Å². The molecule has 1 aromatic heterocycles. The van der Waals surface area contributed by atoms with Gasteiger partial charge in [0.15, 0.2) is 12.4 Å². The molecule has 0 radical (unpaired) electrons. The fourth-order valence-corrected chi connectivity index (χ4v) is 2.44. The lowest BCUT2D eigenvalue weighted by Crippen LogP contribution is -2.21. The second kappa shape index (κ2) is 7.55. The summed E-state index contributed by atoms with van der Waals surface area (Å²) < 4.78 is 21.8. The number of nitrogens with one attached hydrogen (secondary N) is 1. The number of anilines is 1. The molecule has 0 aliphatic carbocycles. The van der Waals surface area contributed by atoms with Crippen LogP contribution < -0.4 is 10.1 Å². The Morgan fingerprint density at radius 1 is 1.28 bits per heavy atom. The van der Waals surface area contributed by atoms with Crippen molar-refractivity contribution in [2.24, 2.45) is 0 Å². The molecule has 0 unspecified atom stereocenters. The first kappa shape index (κ1) is 17.3. The summed E-state index contributed by atoms with van der Waals surface area (Å²) in [4.78, 5) is 12.0. The van der Waals surface area contributed by atoms with E-state index in [4.69, 9.17) is 4.74 Å². The third-order valence-corrected chi connectivity index (χ3v) is 4.00. The normalized spacial score (nSPS) is 10.5. The Hall–Kier alpha value is -2.56. The van der Waals surface area contributed by atoms with Gasteiger partial charge in [-0.3, -0.25) is 4.79 Å². The number of rotatable bonds is 5. The van der Waals surface area contributed by atoms with Gasteiger partial charge in [-0.2, -0.15) is 4.68 Å². The van der Waals surface area contributed by atoms with Crippen molar-refractivity contribution in [3.63, 3.8) is 0 Å². The molecule has 0 spiro atoms. The van der Waals surface area contributed by atoms with Crippen LogP contribution in [0.5, 0.6) is 5.75 Å². The number of nitrogens with zero attached hydrogens (tertiary/aromatic N) is 4. The highest BCUT2D eigenvalue weighted by molar-refractivity contribution is 14.1. The van der Waals surface area contributed by atoms with Crippen LogP contribution in [0.15, 0.2) is 42.5 Å². The summed E-state index contributed by atoms with van der Waals surface area (Å²) in [6.45, 7) is 1.49. The number of benzene rings is 2. The van der Waals surface area contributed by atoms with E-state index in [1.165, 1.54) is 22.9 Å². The molecule has 0 aliphatic heterocycles. The number of halogens is 2. The fraction of sp³-hybridized carbons (Fsp3) is 0.125. The van der Waals surface area contributed by atoms with Gasteiger partial charge < -0.3 is 10.1 Å². The maximum absolute atomic E-state index is 14.0. The number of hydrogen-bond acceptors (Lipinski definition) is 5. The second-order valence-corrected chi connectivity index (χ2v) is 6.34. The molecule has 0 fully saturated rings. The van der Waals surface area contributed by atoms with Crippen molar-refractivity contribution >= 4 is 34.2 Å². The lowest BCUT2D eigenvalue weighted by atomic mass is 10.2. The van der Waals surface area contributed by atoms with Gasteiger partial charge in [0.05, 0.1) is 11.4 Å². The van der Waals surface area contributed by atoms with E-state index in [-0.39, 0.29) is 12.3 Å². The monoisotopic (exact) mass is 453 g/mol. The van der Waals surface area contributed by atoms with Gasteiger partial charge in [-0.15, -0.1) is 5.10 Å². The highest BCUT2D eigenvalue weighted by Gasteiger charge is 2.11. The molecule has 0 bridgehead atoms. The van der Waals surface area contributed by atoms with Crippen LogP contribution >= 0.6 is 22.6 Å². The van der Waals surface area contributed by atoms with Crippen molar-refractivity contribution in [2.45, 2.75) is 6.92 Å². The fourth-order valence-electron chi connectivity index (χ4n) is 2.08. The Bertz CT molecular complexity index is 898. The number of hydrogen-bond donors (Lipinski definition) is 1. The van der Waals surface area contributed by atoms with E-state index in [0.29, 0.717) is 17.3 Å². The predicted molar refractivity (Wildman–Crippen MR) is 97.1 cm³/mol. The molecular formula is C16H13FIN5O2. The molecule has 1 amide bonds. The van der Waals surface area contributed by atoms with Crippen LogP contribution in [0.3, 0.4) is 0 Å². The molecule has 7 nitrogen and oxygen atoms in total. The minimum absolute atomic E-state index is 0.0311. The highest BCUT2D eigenvalue weighted by Crippen LogP contribution is 2.19. The maximum Gasteiger partial charge on any atom is 0.262 e. The van der Waals surface area contributed by atoms with Crippen LogP contribution in [-0.4, -0.2) is 32.7 Å². The molecule has 0 aliphatic rings. The van der Waals surface area contributed by atoms with E-state index < -0.39 is 11.7 Å². The van der Waals surface area contributed by atoms with Crippen molar-refractivity contribution < 1.29 is 13.9 Å². The first-order valence-electron chi connectivity index (χ1n) is 7.26. The van der Waals surface area contributed by atoms with E-state index in [0.717, 1.165) is 3.57 Å². The SMILES string of the molecule is Cc1nnnn1-c1ccc(F)c(NC(=O)COc2ccc(I)cc2)c1. The van der Waals surface area contributed by atoms with Crippen molar-refractivity contribution in [1.82, 2.24) is 20.2 Å². The second-order valence-electron chi connectivity index (χ2n) is 5.09. The van der Waals surface area contributed by atoms with E-state index in [9.17, 15) is 9.18 Å². The smallest absolute Gasteiger partial charge is 0.262 e. The molecule has 3 aromatic rings. The molecule has 25 heavy (non-hydrogen) atoms. The molecule has 128 valence electrons. The molecular weight excluding hydrogens is 440 g/mol. The van der Waals surface area contributed by atoms with Crippen LogP contribution in [0.25, 0.3) is 5.69 Å². The number of ether oxygens (including phenoxy) is 1. The van der Waals surface area contributed by atoms with E-state index in [2.05, 4.69) is 43.4 Å². The van der Waals surface area contributed by atoms with Crippen molar-refractivity contribution in [3.8, 4) is 11.4 Å². The van der Waals surface area contributed by atoms with Gasteiger partial charge >= 0.3 is 0 Å². The molecule has 0 saturated carbocycles. The quantitative estimate of drug-likeness (QED) is 0.601. The predicted octanol–water partition coefficient (Wildman–Crippen LogP) is 2.73. The van der Waals surface area contributed by atoms with Gasteiger partial charge in [0.1, 0.15) is 11.6 Å². The van der Waals surface area contributed by atoms with Crippen LogP contribution in [0.2, 0.25) is 0 Å². The zero-order chi connectivity index (χ0) is 17.8. The molecule has 1 N–H and O–H groups in total. The van der Waals surface area contributed by atoms with E-state index >= 15 is 0 Å². The number of aromatic nitrogens is 4. The summed E-state index contributed by atoms with van der Waals surface area (Å²) in [5.74, 6) is 0.0835. The zero-order valence-electron chi connectivity index (χ0n) is 13.1. The highest BCUT2D eigenvalue weighted by atomic mass is 127. The number of carbonyl (C=O) groups is 1. The van der Waals surface area contributed by atoms with Gasteiger partial charge in [-0.25, -0.2) is 4.39 Å². The van der Waals surface area contributed by atoms with E-state index in [1.807, 2.05) is 12.1 Å². The maximum atomic E-state index is 14.0. The lowest BCUT2D eigenvalue weighted by molar-refractivity contribution is -0.118. The summed E-state index contributed by atoms with van der Waals surface area (Å²) in [6, 6.07) is 11.5. The summed E-state index contributed by atoms with van der Waals surface area (Å²) in [7, 11) is 0. The Kier molecular flexibility index (Phi) is 5.22. The minimum Gasteiger partial charge on any atom is -0.484 e. The first-order valence-corrected chi connectivity index (χ1v) is 8.34. The molecule has 0 saturated heterocycles. The van der Waals surface area contributed by atoms with Crippen LogP contribution in [0, 0.1) is 16.3 Å². The standard InChI is InChI=1S/C16H13FIN5O2/c1-10-20-21-22-23(10)12-4-7-14(17)15(8-12)19-16(24)9-25-13-5-2-11(18)3-6-13/h2-8H,9H2,1H3,(H,19,24). The average Bonchev–Trinajstić information content (AvgIpc) is 3.02. The topological polar surface area (TPSA) is 81.9 Å². The van der Waals surface area contributed by atoms with Gasteiger partial charge in [-0.1, -0.05) is 0 Å². The van der Waals surface area contributed by atoms with Crippen molar-refractivity contribution in [3.05, 3.63) is 57.7 Å². The summed E-state index contributed by atoms with van der Waals surface area (Å²) >= 11 is 2.17. The lowest BCUT2D eigenvalue weighted by Gasteiger charge is -2.10. The van der Waals surface area contributed by atoms with E-state index in [1.54, 1.807) is 19.1 Å². The third kappa shape index (κ3) is 4.29. The van der Waals surface area contributed by atoms with Gasteiger partial charge in [-0.05, 0) is 82.4 Å². The Morgan fingerprint density at radius 2 is 2.04 bits per heavy atom. The van der Waals surface area contributed by atoms with Gasteiger partial charge in [0, 0.05) is 3.57 Å². The summed E-state index contributed by atoms with van der Waals surface area (Å²) in [5, 5.41) is 13.6. The largest absolute Gasteiger partial charge is 0.484 e. The summed E-state index contributed by atoms with van der Waals surface area (Å²) in [5.41, 5.74) is 0.571. The van der Waals surface area contributed by atoms with Gasteiger partial charge in [0.25, 0.3) is 5.91 Å². The Balaban J connectivity index is 1.68. The number of aryl methyl sites for hydroxylation is 1. The molecule has 0 atom stereocenters. The Morgan fingerprint density at radius 3 is 2.72 bits per heavy atom. The van der Waals surface area contributed by atoms with Crippen LogP contribution in [-0.2, 0) is 4.79 Å². The average molecular weight is 453 g/mol. The third-order valence-electron chi connectivity index (χ3n) is 3.28. The number of carbonyl (C=O) groups excluding carboxylic acids is 1. The van der Waals surface area contributed by atoms with Crippen LogP contribution in [0.4, 0.5) is 10.1 Å². The number of tetrazole rings is 1. The minimum atomic E-state index is -0.558. The molecule has 1 heterocycles. The molecule has 9 heteroatoms. The van der Waals surface area contributed by atoms with Crippen molar-refractivity contribution in [2.75, 3.05) is 11.9 Å². The Labute approximate surface area is 156 Å². The van der Waals surface area contributed by atoms with Crippen molar-refractivity contribution in [1.29, 1.82) is 0 Å². The summed E-state index contributed by atoms with van der Waals surface area (Å²) in [6.07, 6.45) is 0. The number of amides is 1. The van der Waals surface area contributed by atoms with Gasteiger partial charge in [0.2, 0.25) is 0 Å². The first-order chi connectivity index (χ1) is 12.0. The molecule has 2 aromatic carbocycles. The molecule has 3 rings (SSSR count). The zero-order valence-corrected chi connectivity index (χ0v) is 15.3.